The summed E-state index contributed by atoms with van der Waals surface area (Å²) in [7, 11) is 0. The van der Waals surface area contributed by atoms with E-state index < -0.39 is 0 Å². The Morgan fingerprint density at radius 2 is 1.95 bits per heavy atom. The lowest BCUT2D eigenvalue weighted by Gasteiger charge is -2.31. The summed E-state index contributed by atoms with van der Waals surface area (Å²) in [6, 6.07) is 5.43. The van der Waals surface area contributed by atoms with Gasteiger partial charge in [0, 0.05) is 11.8 Å². The standard InChI is InChI=1S/C15H20N2O4/c1-10-6-17(7-11(2)21-10)8-15(18)16-12-3-4-13-14(5-12)20-9-19-13/h3-5,10-11H,6-9H2,1-2H3,(H,16,18)/p+1/t10-,11+. The summed E-state index contributed by atoms with van der Waals surface area (Å²) in [4.78, 5) is 13.4. The minimum absolute atomic E-state index is 0.00478. The van der Waals surface area contributed by atoms with Gasteiger partial charge in [-0.3, -0.25) is 4.79 Å². The zero-order valence-corrected chi connectivity index (χ0v) is 12.3. The molecule has 21 heavy (non-hydrogen) atoms. The van der Waals surface area contributed by atoms with E-state index in [2.05, 4.69) is 5.32 Å². The van der Waals surface area contributed by atoms with Crippen LogP contribution in [-0.4, -0.2) is 44.5 Å². The molecule has 1 saturated heterocycles. The number of rotatable bonds is 3. The minimum atomic E-state index is 0.00478. The lowest BCUT2D eigenvalue weighted by atomic mass is 10.2. The first-order valence-corrected chi connectivity index (χ1v) is 7.28. The molecular formula is C15H21N2O4+. The molecule has 0 aromatic heterocycles. The Kier molecular flexibility index (Phi) is 3.98. The Morgan fingerprint density at radius 1 is 1.24 bits per heavy atom. The van der Waals surface area contributed by atoms with Crippen molar-refractivity contribution >= 4 is 11.6 Å². The van der Waals surface area contributed by atoms with Gasteiger partial charge in [-0.15, -0.1) is 0 Å². The summed E-state index contributed by atoms with van der Waals surface area (Å²) < 4.78 is 16.2. The van der Waals surface area contributed by atoms with Gasteiger partial charge in [0.05, 0.1) is 0 Å². The van der Waals surface area contributed by atoms with Gasteiger partial charge < -0.3 is 24.4 Å². The molecule has 0 bridgehead atoms. The van der Waals surface area contributed by atoms with Crippen molar-refractivity contribution in [3.8, 4) is 11.5 Å². The normalized spacial score (nSPS) is 27.4. The van der Waals surface area contributed by atoms with Crippen LogP contribution in [0.5, 0.6) is 11.5 Å². The Morgan fingerprint density at radius 3 is 2.71 bits per heavy atom. The second-order valence-corrected chi connectivity index (χ2v) is 5.71. The van der Waals surface area contributed by atoms with Gasteiger partial charge in [0.15, 0.2) is 18.0 Å². The summed E-state index contributed by atoms with van der Waals surface area (Å²) >= 11 is 0. The third-order valence-electron chi connectivity index (χ3n) is 3.68. The molecule has 2 aliphatic heterocycles. The predicted octanol–water partition coefficient (Wildman–Crippen LogP) is 0.0459. The zero-order valence-electron chi connectivity index (χ0n) is 12.3. The Balaban J connectivity index is 1.56. The molecular weight excluding hydrogens is 272 g/mol. The number of hydrogen-bond donors (Lipinski definition) is 2. The number of hydrogen-bond acceptors (Lipinski definition) is 4. The lowest BCUT2D eigenvalue weighted by Crippen LogP contribution is -3.16. The quantitative estimate of drug-likeness (QED) is 0.826. The molecule has 0 radical (unpaired) electrons. The molecule has 114 valence electrons. The SMILES string of the molecule is C[C@@H]1C[NH+](CC(=O)Nc2ccc3c(c2)OCO3)C[C@H](C)O1. The van der Waals surface area contributed by atoms with Crippen LogP contribution in [0.25, 0.3) is 0 Å². The maximum Gasteiger partial charge on any atom is 0.279 e. The van der Waals surface area contributed by atoms with Crippen molar-refractivity contribution in [2.45, 2.75) is 26.1 Å². The Labute approximate surface area is 124 Å². The van der Waals surface area contributed by atoms with Gasteiger partial charge in [0.1, 0.15) is 25.3 Å². The van der Waals surface area contributed by atoms with E-state index in [9.17, 15) is 4.79 Å². The maximum atomic E-state index is 12.1. The fraction of sp³-hybridized carbons (Fsp3) is 0.533. The van der Waals surface area contributed by atoms with Crippen molar-refractivity contribution in [1.29, 1.82) is 0 Å². The number of ether oxygens (including phenoxy) is 3. The monoisotopic (exact) mass is 293 g/mol. The summed E-state index contributed by atoms with van der Waals surface area (Å²) in [5.41, 5.74) is 0.734. The van der Waals surface area contributed by atoms with Crippen molar-refractivity contribution in [1.82, 2.24) is 0 Å². The summed E-state index contributed by atoms with van der Waals surface area (Å²) in [6.07, 6.45) is 0.393. The van der Waals surface area contributed by atoms with Crippen molar-refractivity contribution in [3.63, 3.8) is 0 Å². The molecule has 0 aliphatic carbocycles. The van der Waals surface area contributed by atoms with Crippen molar-refractivity contribution < 1.29 is 23.9 Å². The highest BCUT2D eigenvalue weighted by Crippen LogP contribution is 2.34. The highest BCUT2D eigenvalue weighted by atomic mass is 16.7. The first-order chi connectivity index (χ1) is 10.1. The van der Waals surface area contributed by atoms with E-state index >= 15 is 0 Å². The van der Waals surface area contributed by atoms with Crippen LogP contribution in [-0.2, 0) is 9.53 Å². The van der Waals surface area contributed by atoms with Gasteiger partial charge >= 0.3 is 0 Å². The lowest BCUT2D eigenvalue weighted by molar-refractivity contribution is -0.907. The molecule has 6 nitrogen and oxygen atoms in total. The number of nitrogens with one attached hydrogen (secondary N) is 2. The fourth-order valence-electron chi connectivity index (χ4n) is 2.94. The summed E-state index contributed by atoms with van der Waals surface area (Å²) in [6.45, 7) is 6.50. The van der Waals surface area contributed by atoms with E-state index in [0.717, 1.165) is 24.5 Å². The molecule has 2 aliphatic rings. The summed E-state index contributed by atoms with van der Waals surface area (Å²) in [5.74, 6) is 1.40. The first kappa shape index (κ1) is 14.2. The van der Waals surface area contributed by atoms with Crippen LogP contribution in [0.1, 0.15) is 13.8 Å². The van der Waals surface area contributed by atoms with Gasteiger partial charge in [0.25, 0.3) is 5.91 Å². The van der Waals surface area contributed by atoms with Crippen LogP contribution >= 0.6 is 0 Å². The second kappa shape index (κ2) is 5.91. The Bertz CT molecular complexity index is 524. The van der Waals surface area contributed by atoms with Crippen LogP contribution < -0.4 is 19.7 Å². The molecule has 1 fully saturated rings. The summed E-state index contributed by atoms with van der Waals surface area (Å²) in [5, 5.41) is 2.91. The number of fused-ring (bicyclic) bond motifs is 1. The molecule has 1 aromatic carbocycles. The number of quaternary nitrogens is 1. The molecule has 2 heterocycles. The average molecular weight is 293 g/mol. The Hall–Kier alpha value is -1.79. The number of carbonyl (C=O) groups is 1. The largest absolute Gasteiger partial charge is 0.454 e. The van der Waals surface area contributed by atoms with E-state index in [-0.39, 0.29) is 24.9 Å². The van der Waals surface area contributed by atoms with E-state index in [0.29, 0.717) is 12.3 Å². The molecule has 2 N–H and O–H groups in total. The number of morpholine rings is 1. The highest BCUT2D eigenvalue weighted by molar-refractivity contribution is 5.91. The molecule has 0 saturated carbocycles. The van der Waals surface area contributed by atoms with Crippen LogP contribution in [0.15, 0.2) is 18.2 Å². The van der Waals surface area contributed by atoms with E-state index in [1.54, 1.807) is 6.07 Å². The van der Waals surface area contributed by atoms with Gasteiger partial charge in [-0.2, -0.15) is 0 Å². The fourth-order valence-corrected chi connectivity index (χ4v) is 2.94. The van der Waals surface area contributed by atoms with E-state index in [1.807, 2.05) is 26.0 Å². The van der Waals surface area contributed by atoms with Crippen molar-refractivity contribution in [2.75, 3.05) is 31.7 Å². The van der Waals surface area contributed by atoms with Gasteiger partial charge in [-0.1, -0.05) is 0 Å². The molecule has 3 atom stereocenters. The highest BCUT2D eigenvalue weighted by Gasteiger charge is 2.27. The van der Waals surface area contributed by atoms with Crippen molar-refractivity contribution in [2.24, 2.45) is 0 Å². The molecule has 0 spiro atoms. The minimum Gasteiger partial charge on any atom is -0.454 e. The number of carbonyl (C=O) groups excluding carboxylic acids is 1. The molecule has 1 aromatic rings. The van der Waals surface area contributed by atoms with Crippen LogP contribution in [0, 0.1) is 0 Å². The van der Waals surface area contributed by atoms with Crippen LogP contribution in [0.4, 0.5) is 5.69 Å². The maximum absolute atomic E-state index is 12.1. The molecule has 1 amide bonds. The van der Waals surface area contributed by atoms with Crippen molar-refractivity contribution in [3.05, 3.63) is 18.2 Å². The predicted molar refractivity (Wildman–Crippen MR) is 76.8 cm³/mol. The van der Waals surface area contributed by atoms with Gasteiger partial charge in [-0.05, 0) is 26.0 Å². The van der Waals surface area contributed by atoms with Crippen LogP contribution in [0.3, 0.4) is 0 Å². The first-order valence-electron chi connectivity index (χ1n) is 7.28. The average Bonchev–Trinajstić information content (AvgIpc) is 2.84. The number of benzene rings is 1. The third kappa shape index (κ3) is 3.46. The molecule has 3 rings (SSSR count). The van der Waals surface area contributed by atoms with Crippen LogP contribution in [0.2, 0.25) is 0 Å². The van der Waals surface area contributed by atoms with Gasteiger partial charge in [0.2, 0.25) is 6.79 Å². The zero-order chi connectivity index (χ0) is 14.8. The van der Waals surface area contributed by atoms with Gasteiger partial charge in [-0.25, -0.2) is 0 Å². The molecule has 1 unspecified atom stereocenters. The van der Waals surface area contributed by atoms with E-state index in [4.69, 9.17) is 14.2 Å². The molecule has 6 heteroatoms. The number of amides is 1. The smallest absolute Gasteiger partial charge is 0.279 e. The second-order valence-electron chi connectivity index (χ2n) is 5.71. The third-order valence-corrected chi connectivity index (χ3v) is 3.68. The topological polar surface area (TPSA) is 61.2 Å². The number of anilines is 1. The van der Waals surface area contributed by atoms with E-state index in [1.165, 1.54) is 4.90 Å².